The molecule has 1 saturated carbocycles. The molecule has 0 unspecified atom stereocenters. The molecule has 2 rings (SSSR count). The Morgan fingerprint density at radius 1 is 1.08 bits per heavy atom. The van der Waals surface area contributed by atoms with Gasteiger partial charge in [0, 0.05) is 18.9 Å². The van der Waals surface area contributed by atoms with Gasteiger partial charge in [-0.25, -0.2) is 0 Å². The highest BCUT2D eigenvalue weighted by Crippen LogP contribution is 2.34. The fraction of sp³-hybridized carbons (Fsp3) is 1.00. The molecule has 3 heteroatoms. The van der Waals surface area contributed by atoms with Gasteiger partial charge in [-0.3, -0.25) is 0 Å². The van der Waals surface area contributed by atoms with E-state index in [2.05, 4.69) is 0 Å². The number of hydrogen-bond donors (Lipinski definition) is 1. The Hall–Kier alpha value is -0.120. The molecule has 0 aromatic rings. The number of ether oxygens (including phenoxy) is 2. The second kappa shape index (κ2) is 4.94. The van der Waals surface area contributed by atoms with Crippen LogP contribution >= 0.6 is 0 Å². The average Bonchev–Trinajstić information content (AvgIpc) is 2.63. The van der Waals surface area contributed by atoms with Crippen molar-refractivity contribution in [2.45, 2.75) is 51.4 Å². The summed E-state index contributed by atoms with van der Waals surface area (Å²) in [5, 5.41) is 0. The molecule has 13 heavy (non-hydrogen) atoms. The van der Waals surface area contributed by atoms with Gasteiger partial charge in [0.05, 0.1) is 13.2 Å². The normalized spacial score (nSPS) is 27.0. The van der Waals surface area contributed by atoms with Crippen LogP contribution in [0.3, 0.4) is 0 Å². The molecule has 1 saturated heterocycles. The van der Waals surface area contributed by atoms with E-state index in [1.165, 1.54) is 0 Å². The van der Waals surface area contributed by atoms with Crippen LogP contribution in [0.15, 0.2) is 0 Å². The van der Waals surface area contributed by atoms with E-state index in [4.69, 9.17) is 15.2 Å². The van der Waals surface area contributed by atoms with Crippen molar-refractivity contribution in [3.63, 3.8) is 0 Å². The van der Waals surface area contributed by atoms with Crippen LogP contribution in [-0.4, -0.2) is 25.0 Å². The lowest BCUT2D eigenvalue weighted by Crippen LogP contribution is -2.39. The Balaban J connectivity index is 0.000000396. The lowest BCUT2D eigenvalue weighted by atomic mass is 9.91. The summed E-state index contributed by atoms with van der Waals surface area (Å²) in [7, 11) is 0. The first-order valence-electron chi connectivity index (χ1n) is 5.34. The third-order valence-corrected chi connectivity index (χ3v) is 2.61. The zero-order valence-corrected chi connectivity index (χ0v) is 8.71. The van der Waals surface area contributed by atoms with E-state index < -0.39 is 0 Å². The standard InChI is InChI=1S/C8H15NO2.C2H6/c9-7-1-3-8(4-2-7)10-5-6-11-8;1-2/h7H,1-6,9H2;1-2H3. The Labute approximate surface area is 80.6 Å². The smallest absolute Gasteiger partial charge is 0.168 e. The molecule has 0 aromatic heterocycles. The number of hydrogen-bond acceptors (Lipinski definition) is 3. The van der Waals surface area contributed by atoms with E-state index in [-0.39, 0.29) is 5.79 Å². The summed E-state index contributed by atoms with van der Waals surface area (Å²) >= 11 is 0. The summed E-state index contributed by atoms with van der Waals surface area (Å²) in [6.45, 7) is 5.52. The molecule has 1 spiro atoms. The monoisotopic (exact) mass is 187 g/mol. The van der Waals surface area contributed by atoms with E-state index >= 15 is 0 Å². The Morgan fingerprint density at radius 2 is 1.54 bits per heavy atom. The predicted octanol–water partition coefficient (Wildman–Crippen LogP) is 1.66. The summed E-state index contributed by atoms with van der Waals surface area (Å²) in [6, 6.07) is 0.369. The molecule has 78 valence electrons. The van der Waals surface area contributed by atoms with Crippen molar-refractivity contribution in [1.82, 2.24) is 0 Å². The van der Waals surface area contributed by atoms with Crippen LogP contribution in [0.1, 0.15) is 39.5 Å². The van der Waals surface area contributed by atoms with Crippen LogP contribution in [0.2, 0.25) is 0 Å². The van der Waals surface area contributed by atoms with Gasteiger partial charge in [-0.05, 0) is 12.8 Å². The van der Waals surface area contributed by atoms with Crippen LogP contribution in [0.25, 0.3) is 0 Å². The van der Waals surface area contributed by atoms with Gasteiger partial charge in [0.2, 0.25) is 0 Å². The first kappa shape index (κ1) is 11.0. The molecule has 2 aliphatic rings. The molecule has 0 radical (unpaired) electrons. The van der Waals surface area contributed by atoms with Gasteiger partial charge < -0.3 is 15.2 Å². The van der Waals surface area contributed by atoms with Gasteiger partial charge in [0.25, 0.3) is 0 Å². The maximum Gasteiger partial charge on any atom is 0.168 e. The Kier molecular flexibility index (Phi) is 4.16. The Morgan fingerprint density at radius 3 is 2.00 bits per heavy atom. The molecule has 1 aliphatic carbocycles. The van der Waals surface area contributed by atoms with Crippen LogP contribution in [0, 0.1) is 0 Å². The summed E-state index contributed by atoms with van der Waals surface area (Å²) in [6.07, 6.45) is 4.04. The first-order chi connectivity index (χ1) is 6.31. The van der Waals surface area contributed by atoms with Crippen molar-refractivity contribution >= 4 is 0 Å². The van der Waals surface area contributed by atoms with Crippen molar-refractivity contribution in [2.24, 2.45) is 5.73 Å². The van der Waals surface area contributed by atoms with Gasteiger partial charge >= 0.3 is 0 Å². The van der Waals surface area contributed by atoms with E-state index in [0.29, 0.717) is 6.04 Å². The summed E-state index contributed by atoms with van der Waals surface area (Å²) in [5.74, 6) is -0.226. The SMILES string of the molecule is CC.NC1CCC2(CC1)OCCO2. The zero-order valence-electron chi connectivity index (χ0n) is 8.71. The van der Waals surface area contributed by atoms with Crippen molar-refractivity contribution < 1.29 is 9.47 Å². The third-order valence-electron chi connectivity index (χ3n) is 2.61. The third kappa shape index (κ3) is 2.66. The van der Waals surface area contributed by atoms with E-state index in [1.54, 1.807) is 0 Å². The topological polar surface area (TPSA) is 44.5 Å². The highest BCUT2D eigenvalue weighted by molar-refractivity contribution is 4.83. The van der Waals surface area contributed by atoms with E-state index in [1.807, 2.05) is 13.8 Å². The molecule has 0 atom stereocenters. The van der Waals surface area contributed by atoms with Crippen molar-refractivity contribution in [1.29, 1.82) is 0 Å². The van der Waals surface area contributed by atoms with Gasteiger partial charge in [0.1, 0.15) is 0 Å². The second-order valence-corrected chi connectivity index (χ2v) is 3.45. The van der Waals surface area contributed by atoms with Crippen molar-refractivity contribution in [2.75, 3.05) is 13.2 Å². The maximum absolute atomic E-state index is 5.77. The van der Waals surface area contributed by atoms with E-state index in [0.717, 1.165) is 38.9 Å². The average molecular weight is 187 g/mol. The molecule has 0 bridgehead atoms. The van der Waals surface area contributed by atoms with Crippen LogP contribution in [-0.2, 0) is 9.47 Å². The van der Waals surface area contributed by atoms with Crippen molar-refractivity contribution in [3.05, 3.63) is 0 Å². The molecule has 1 aliphatic heterocycles. The molecule has 2 fully saturated rings. The van der Waals surface area contributed by atoms with Gasteiger partial charge in [-0.2, -0.15) is 0 Å². The summed E-state index contributed by atoms with van der Waals surface area (Å²) in [5.41, 5.74) is 5.77. The highest BCUT2D eigenvalue weighted by atomic mass is 16.7. The molecule has 2 N–H and O–H groups in total. The molecule has 1 heterocycles. The molecule has 0 aromatic carbocycles. The lowest BCUT2D eigenvalue weighted by molar-refractivity contribution is -0.178. The van der Waals surface area contributed by atoms with Gasteiger partial charge in [-0.1, -0.05) is 13.8 Å². The summed E-state index contributed by atoms with van der Waals surface area (Å²) in [4.78, 5) is 0. The van der Waals surface area contributed by atoms with E-state index in [9.17, 15) is 0 Å². The quantitative estimate of drug-likeness (QED) is 0.627. The largest absolute Gasteiger partial charge is 0.348 e. The predicted molar refractivity (Wildman–Crippen MR) is 52.4 cm³/mol. The van der Waals surface area contributed by atoms with Gasteiger partial charge in [-0.15, -0.1) is 0 Å². The van der Waals surface area contributed by atoms with Crippen molar-refractivity contribution in [3.8, 4) is 0 Å². The number of nitrogens with two attached hydrogens (primary N) is 1. The highest BCUT2D eigenvalue weighted by Gasteiger charge is 2.39. The van der Waals surface area contributed by atoms with Gasteiger partial charge in [0.15, 0.2) is 5.79 Å². The zero-order chi connectivity index (χ0) is 9.73. The Bertz CT molecular complexity index is 134. The minimum Gasteiger partial charge on any atom is -0.348 e. The molecule has 3 nitrogen and oxygen atoms in total. The minimum absolute atomic E-state index is 0.226. The minimum atomic E-state index is -0.226. The molecular weight excluding hydrogens is 166 g/mol. The fourth-order valence-corrected chi connectivity index (χ4v) is 1.87. The molecule has 0 amide bonds. The maximum atomic E-state index is 5.77. The van der Waals surface area contributed by atoms with Crippen LogP contribution in [0.5, 0.6) is 0 Å². The van der Waals surface area contributed by atoms with Crippen LogP contribution < -0.4 is 5.73 Å². The van der Waals surface area contributed by atoms with Crippen LogP contribution in [0.4, 0.5) is 0 Å². The number of rotatable bonds is 0. The first-order valence-corrected chi connectivity index (χ1v) is 5.34. The molecular formula is C10H21NO2. The summed E-state index contributed by atoms with van der Waals surface area (Å²) < 4.78 is 11.1. The fourth-order valence-electron chi connectivity index (χ4n) is 1.87. The lowest BCUT2D eigenvalue weighted by Gasteiger charge is -2.33. The second-order valence-electron chi connectivity index (χ2n) is 3.45.